The van der Waals surface area contributed by atoms with E-state index < -0.39 is 0 Å². The number of nitrogens with one attached hydrogen (secondary N) is 1. The third-order valence-electron chi connectivity index (χ3n) is 3.82. The van der Waals surface area contributed by atoms with E-state index in [0.29, 0.717) is 6.61 Å². The number of morpholine rings is 1. The molecule has 4 heteroatoms. The van der Waals surface area contributed by atoms with Crippen molar-refractivity contribution in [1.82, 2.24) is 10.3 Å². The maximum absolute atomic E-state index is 6.11. The van der Waals surface area contributed by atoms with E-state index >= 15 is 0 Å². The van der Waals surface area contributed by atoms with Crippen LogP contribution in [0.15, 0.2) is 24.5 Å². The molecule has 18 heavy (non-hydrogen) atoms. The van der Waals surface area contributed by atoms with E-state index in [2.05, 4.69) is 30.2 Å². The largest absolute Gasteiger partial charge is 0.372 e. The van der Waals surface area contributed by atoms with Crippen LogP contribution in [-0.4, -0.2) is 35.9 Å². The molecule has 2 unspecified atom stereocenters. The summed E-state index contributed by atoms with van der Waals surface area (Å²) in [5.41, 5.74) is 0.822. The first-order chi connectivity index (χ1) is 8.61. The minimum Gasteiger partial charge on any atom is -0.372 e. The highest BCUT2D eigenvalue weighted by Crippen LogP contribution is 2.44. The van der Waals surface area contributed by atoms with Gasteiger partial charge in [-0.3, -0.25) is 4.98 Å². The third kappa shape index (κ3) is 2.05. The van der Waals surface area contributed by atoms with Gasteiger partial charge in [0.15, 0.2) is 0 Å². The van der Waals surface area contributed by atoms with Gasteiger partial charge in [-0.15, -0.1) is 0 Å². The molecule has 0 radical (unpaired) electrons. The smallest absolute Gasteiger partial charge is 0.114 e. The van der Waals surface area contributed by atoms with Crippen LogP contribution in [0.25, 0.3) is 0 Å². The minimum absolute atomic E-state index is 0.112. The van der Waals surface area contributed by atoms with E-state index in [9.17, 15) is 0 Å². The second kappa shape index (κ2) is 4.30. The zero-order chi connectivity index (χ0) is 12.6. The summed E-state index contributed by atoms with van der Waals surface area (Å²) < 4.78 is 12.0. The molecule has 0 aromatic carbocycles. The van der Waals surface area contributed by atoms with Crippen molar-refractivity contribution in [2.75, 3.05) is 19.8 Å². The maximum atomic E-state index is 6.11. The zero-order valence-electron chi connectivity index (χ0n) is 11.0. The minimum atomic E-state index is -0.245. The van der Waals surface area contributed by atoms with Gasteiger partial charge in [0.05, 0.1) is 24.9 Å². The Morgan fingerprint density at radius 2 is 2.28 bits per heavy atom. The summed E-state index contributed by atoms with van der Waals surface area (Å²) in [5.74, 6) is 0. The fraction of sp³-hybridized carbons (Fsp3) is 0.643. The van der Waals surface area contributed by atoms with Gasteiger partial charge in [-0.2, -0.15) is 0 Å². The molecule has 3 rings (SSSR count). The van der Waals surface area contributed by atoms with E-state index in [1.165, 1.54) is 5.56 Å². The molecule has 1 aromatic rings. The lowest BCUT2D eigenvalue weighted by molar-refractivity contribution is -0.0993. The summed E-state index contributed by atoms with van der Waals surface area (Å²) >= 11 is 0. The number of nitrogens with zero attached hydrogens (tertiary/aromatic N) is 1. The van der Waals surface area contributed by atoms with Crippen LogP contribution in [0, 0.1) is 0 Å². The zero-order valence-corrected chi connectivity index (χ0v) is 11.0. The van der Waals surface area contributed by atoms with Crippen LogP contribution in [0.2, 0.25) is 0 Å². The first-order valence-electron chi connectivity index (χ1n) is 6.53. The standard InChI is InChI=1S/C14H20N2O2/c1-13(2)9-14(10-18-13)12(16-6-7-17-14)11-4-3-5-15-8-11/h3-5,8,12,16H,6-7,9-10H2,1-2H3. The summed E-state index contributed by atoms with van der Waals surface area (Å²) in [4.78, 5) is 4.21. The summed E-state index contributed by atoms with van der Waals surface area (Å²) in [5, 5.41) is 3.56. The molecule has 0 aliphatic carbocycles. The fourth-order valence-corrected chi connectivity index (χ4v) is 3.11. The number of rotatable bonds is 1. The highest BCUT2D eigenvalue weighted by Gasteiger charge is 2.52. The topological polar surface area (TPSA) is 43.4 Å². The van der Waals surface area contributed by atoms with Gasteiger partial charge in [-0.1, -0.05) is 6.07 Å². The van der Waals surface area contributed by atoms with Crippen molar-refractivity contribution in [2.45, 2.75) is 37.5 Å². The molecule has 4 nitrogen and oxygen atoms in total. The second-order valence-corrected chi connectivity index (χ2v) is 5.81. The van der Waals surface area contributed by atoms with Crippen molar-refractivity contribution in [3.8, 4) is 0 Å². The van der Waals surface area contributed by atoms with Gasteiger partial charge in [0.1, 0.15) is 5.60 Å². The van der Waals surface area contributed by atoms with Crippen molar-refractivity contribution >= 4 is 0 Å². The van der Waals surface area contributed by atoms with Gasteiger partial charge in [0, 0.05) is 25.4 Å². The lowest BCUT2D eigenvalue weighted by atomic mass is 9.83. The molecule has 2 aliphatic heterocycles. The summed E-state index contributed by atoms with van der Waals surface area (Å²) in [6.45, 7) is 6.52. The Morgan fingerprint density at radius 3 is 2.94 bits per heavy atom. The average molecular weight is 248 g/mol. The number of ether oxygens (including phenoxy) is 2. The van der Waals surface area contributed by atoms with Crippen LogP contribution in [0.3, 0.4) is 0 Å². The fourth-order valence-electron chi connectivity index (χ4n) is 3.11. The molecule has 98 valence electrons. The van der Waals surface area contributed by atoms with E-state index in [4.69, 9.17) is 9.47 Å². The molecule has 2 atom stereocenters. The monoisotopic (exact) mass is 248 g/mol. The molecular formula is C14H20N2O2. The molecule has 0 saturated carbocycles. The predicted molar refractivity (Wildman–Crippen MR) is 68.3 cm³/mol. The van der Waals surface area contributed by atoms with Crippen molar-refractivity contribution in [2.24, 2.45) is 0 Å². The molecule has 2 aliphatic rings. The van der Waals surface area contributed by atoms with E-state index in [-0.39, 0.29) is 17.2 Å². The Balaban J connectivity index is 1.92. The average Bonchev–Trinajstić information content (AvgIpc) is 2.67. The first-order valence-corrected chi connectivity index (χ1v) is 6.53. The Bertz CT molecular complexity index is 421. The van der Waals surface area contributed by atoms with Gasteiger partial charge in [0.25, 0.3) is 0 Å². The van der Waals surface area contributed by atoms with Crippen LogP contribution in [-0.2, 0) is 9.47 Å². The molecule has 0 bridgehead atoms. The van der Waals surface area contributed by atoms with Crippen LogP contribution in [0.1, 0.15) is 31.9 Å². The number of hydrogen-bond donors (Lipinski definition) is 1. The van der Waals surface area contributed by atoms with Crippen LogP contribution < -0.4 is 5.32 Å². The molecule has 1 spiro atoms. The van der Waals surface area contributed by atoms with Gasteiger partial charge in [-0.25, -0.2) is 0 Å². The Kier molecular flexibility index (Phi) is 2.88. The van der Waals surface area contributed by atoms with Crippen molar-refractivity contribution in [3.63, 3.8) is 0 Å². The summed E-state index contributed by atoms with van der Waals surface area (Å²) in [6, 6.07) is 4.24. The second-order valence-electron chi connectivity index (χ2n) is 5.81. The molecule has 2 saturated heterocycles. The van der Waals surface area contributed by atoms with E-state index in [0.717, 1.165) is 19.6 Å². The van der Waals surface area contributed by atoms with Crippen LogP contribution in [0.4, 0.5) is 0 Å². The van der Waals surface area contributed by atoms with Gasteiger partial charge < -0.3 is 14.8 Å². The molecule has 3 heterocycles. The highest BCUT2D eigenvalue weighted by molar-refractivity contribution is 5.21. The summed E-state index contributed by atoms with van der Waals surface area (Å²) in [6.07, 6.45) is 4.63. The Morgan fingerprint density at radius 1 is 1.39 bits per heavy atom. The molecule has 1 N–H and O–H groups in total. The highest BCUT2D eigenvalue weighted by atomic mass is 16.6. The quantitative estimate of drug-likeness (QED) is 0.821. The van der Waals surface area contributed by atoms with Gasteiger partial charge >= 0.3 is 0 Å². The van der Waals surface area contributed by atoms with Gasteiger partial charge in [0.2, 0.25) is 0 Å². The number of hydrogen-bond acceptors (Lipinski definition) is 4. The lowest BCUT2D eigenvalue weighted by Gasteiger charge is -2.41. The lowest BCUT2D eigenvalue weighted by Crippen LogP contribution is -2.53. The first kappa shape index (κ1) is 12.1. The predicted octanol–water partition coefficient (Wildman–Crippen LogP) is 1.68. The molecule has 2 fully saturated rings. The van der Waals surface area contributed by atoms with Gasteiger partial charge in [-0.05, 0) is 25.5 Å². The van der Waals surface area contributed by atoms with Crippen molar-refractivity contribution < 1.29 is 9.47 Å². The van der Waals surface area contributed by atoms with Crippen molar-refractivity contribution in [1.29, 1.82) is 0 Å². The summed E-state index contributed by atoms with van der Waals surface area (Å²) in [7, 11) is 0. The van der Waals surface area contributed by atoms with E-state index in [1.807, 2.05) is 12.3 Å². The number of aromatic nitrogens is 1. The Hall–Kier alpha value is -0.970. The molecular weight excluding hydrogens is 228 g/mol. The molecule has 1 aromatic heterocycles. The van der Waals surface area contributed by atoms with Crippen LogP contribution in [0.5, 0.6) is 0 Å². The normalized spacial score (nSPS) is 34.9. The third-order valence-corrected chi connectivity index (χ3v) is 3.82. The van der Waals surface area contributed by atoms with E-state index in [1.54, 1.807) is 6.20 Å². The SMILES string of the molecule is CC1(C)CC2(CO1)OCCNC2c1cccnc1. The van der Waals surface area contributed by atoms with Crippen LogP contribution >= 0.6 is 0 Å². The van der Waals surface area contributed by atoms with Crippen molar-refractivity contribution in [3.05, 3.63) is 30.1 Å². The maximum Gasteiger partial charge on any atom is 0.114 e. The molecule has 0 amide bonds. The number of pyridine rings is 1. The Labute approximate surface area is 108 Å².